The molecular weight excluding hydrogens is 716 g/mol. The Morgan fingerprint density at radius 2 is 1.71 bits per heavy atom. The van der Waals surface area contributed by atoms with Gasteiger partial charge in [0.2, 0.25) is 29.5 Å². The number of amides is 7. The Morgan fingerprint density at radius 1 is 1.04 bits per heavy atom. The van der Waals surface area contributed by atoms with E-state index in [1.165, 1.54) is 51.4 Å². The maximum atomic E-state index is 14.2. The number of nitrogens with zero attached hydrogens (tertiary/aromatic N) is 3. The van der Waals surface area contributed by atoms with E-state index in [1.807, 2.05) is 6.07 Å². The van der Waals surface area contributed by atoms with Crippen LogP contribution >= 0.6 is 0 Å². The molecule has 7 amide bonds. The molecule has 294 valence electrons. The zero-order chi connectivity index (χ0) is 40.7. The van der Waals surface area contributed by atoms with Crippen LogP contribution in [-0.4, -0.2) is 118 Å². The van der Waals surface area contributed by atoms with Gasteiger partial charge in [0.25, 0.3) is 11.8 Å². The summed E-state index contributed by atoms with van der Waals surface area (Å²) in [5.74, 6) is -4.47. The number of nitrogens with two attached hydrogens (primary N) is 2. The minimum Gasteiger partial charge on any atom is -0.483 e. The number of aliphatic imine (C=N–C) groups is 1. The summed E-state index contributed by atoms with van der Waals surface area (Å²) in [6.07, 6.45) is 1.44. The molecule has 0 saturated carbocycles. The molecule has 19 nitrogen and oxygen atoms in total. The van der Waals surface area contributed by atoms with Gasteiger partial charge < -0.3 is 52.4 Å². The molecular formula is C36H46N10O9. The van der Waals surface area contributed by atoms with Gasteiger partial charge in [-0.2, -0.15) is 5.26 Å². The highest BCUT2D eigenvalue weighted by Gasteiger charge is 2.35. The van der Waals surface area contributed by atoms with Crippen molar-refractivity contribution in [3.8, 4) is 28.7 Å². The lowest BCUT2D eigenvalue weighted by molar-refractivity contribution is -0.142. The number of fused-ring (bicyclic) bond motifs is 5. The summed E-state index contributed by atoms with van der Waals surface area (Å²) in [4.78, 5) is 96.2. The fourth-order valence-electron chi connectivity index (χ4n) is 5.63. The Hall–Kier alpha value is -6.55. The molecule has 0 radical (unpaired) electrons. The molecule has 4 atom stereocenters. The monoisotopic (exact) mass is 762 g/mol. The van der Waals surface area contributed by atoms with Crippen molar-refractivity contribution in [2.45, 2.75) is 50.9 Å². The number of carbonyl (C=O) groups excluding carboxylic acids is 7. The third-order valence-electron chi connectivity index (χ3n) is 8.24. The Bertz CT molecular complexity index is 1840. The van der Waals surface area contributed by atoms with Crippen molar-refractivity contribution >= 4 is 47.6 Å². The largest absolute Gasteiger partial charge is 0.483 e. The molecule has 4 bridgehead atoms. The van der Waals surface area contributed by atoms with Gasteiger partial charge in [-0.25, -0.2) is 0 Å². The third-order valence-corrected chi connectivity index (χ3v) is 8.24. The highest BCUT2D eigenvalue weighted by atomic mass is 16.5. The topological polar surface area (TPSA) is 290 Å². The number of ether oxygens (including phenoxy) is 2. The van der Waals surface area contributed by atoms with Crippen molar-refractivity contribution in [3.63, 3.8) is 0 Å². The zero-order valence-corrected chi connectivity index (χ0v) is 31.0. The fourth-order valence-corrected chi connectivity index (χ4v) is 5.63. The summed E-state index contributed by atoms with van der Waals surface area (Å²) < 4.78 is 11.8. The fraction of sp³-hybridized carbons (Fsp3) is 0.417. The van der Waals surface area contributed by atoms with Crippen LogP contribution in [0, 0.1) is 11.3 Å². The molecule has 0 aromatic heterocycles. The van der Waals surface area contributed by atoms with E-state index in [0.717, 1.165) is 4.90 Å². The average molecular weight is 763 g/mol. The van der Waals surface area contributed by atoms with Gasteiger partial charge in [-0.1, -0.05) is 12.1 Å². The van der Waals surface area contributed by atoms with E-state index < -0.39 is 78.7 Å². The highest BCUT2D eigenvalue weighted by molar-refractivity contribution is 5.96. The standard InChI is InChI=1S/C36H46N10O9/c1-20-33(50)45-27(34(51)42-12-11-38)16-22-5-7-28(55-19-31(49)41-14-13-40-3)24(15-22)25-17-23(6-8-29(25)54-18-30(39)48)32(35(52)43-20)46(4)36(53)26(9-10-37)44-21(2)47/h5-8,13,15,17,20,26-27,32H,9-10,12,14,16,18-19,37H2,1-4H3,(H2,39,48)(H,41,49)(H,42,51)(H,43,52)(H,44,47)(H,45,50)/t20-,26-,27-,32-/m0/s1. The van der Waals surface area contributed by atoms with Crippen LogP contribution in [0.2, 0.25) is 0 Å². The SMILES string of the molecule is CN=CCNC(=O)COc1ccc2cc1-c1cc(ccc1OCC(N)=O)[C@H](N(C)C(=O)[C@H](CCN)NC(C)=O)C(=O)N[C@@H](C)C(=O)N[C@H](C(=O)NCC#N)C2. The molecule has 0 aliphatic carbocycles. The van der Waals surface area contributed by atoms with E-state index in [2.05, 4.69) is 31.6 Å². The van der Waals surface area contributed by atoms with Gasteiger partial charge in [0.1, 0.15) is 42.2 Å². The van der Waals surface area contributed by atoms with Crippen molar-refractivity contribution in [2.24, 2.45) is 16.5 Å². The van der Waals surface area contributed by atoms with Gasteiger partial charge in [-0.05, 0) is 55.3 Å². The molecule has 0 fully saturated rings. The Kier molecular flexibility index (Phi) is 16.1. The molecule has 2 aromatic rings. The molecule has 9 N–H and O–H groups in total. The Labute approximate surface area is 317 Å². The van der Waals surface area contributed by atoms with Gasteiger partial charge in [0.05, 0.1) is 12.6 Å². The molecule has 1 heterocycles. The molecule has 1 aliphatic rings. The predicted octanol–water partition coefficient (Wildman–Crippen LogP) is -2.05. The smallest absolute Gasteiger partial charge is 0.258 e. The van der Waals surface area contributed by atoms with Crippen LogP contribution in [-0.2, 0) is 40.0 Å². The van der Waals surface area contributed by atoms with E-state index in [1.54, 1.807) is 19.2 Å². The molecule has 1 aliphatic heterocycles. The summed E-state index contributed by atoms with van der Waals surface area (Å²) in [7, 11) is 2.90. The normalized spacial score (nSPS) is 17.3. The van der Waals surface area contributed by atoms with Crippen LogP contribution in [0.5, 0.6) is 11.5 Å². The van der Waals surface area contributed by atoms with Gasteiger partial charge in [0.15, 0.2) is 13.2 Å². The first-order valence-electron chi connectivity index (χ1n) is 17.2. The predicted molar refractivity (Wildman–Crippen MR) is 198 cm³/mol. The second-order valence-electron chi connectivity index (χ2n) is 12.4. The number of hydrogen-bond donors (Lipinski definition) is 7. The molecule has 0 spiro atoms. The van der Waals surface area contributed by atoms with Gasteiger partial charge in [-0.3, -0.25) is 38.6 Å². The summed E-state index contributed by atoms with van der Waals surface area (Å²) in [5.41, 5.74) is 12.3. The molecule has 0 saturated heterocycles. The molecule has 3 rings (SSSR count). The number of nitrogens with one attached hydrogen (secondary N) is 5. The zero-order valence-electron chi connectivity index (χ0n) is 31.0. The highest BCUT2D eigenvalue weighted by Crippen LogP contribution is 2.40. The van der Waals surface area contributed by atoms with Gasteiger partial charge in [-0.15, -0.1) is 0 Å². The lowest BCUT2D eigenvalue weighted by Gasteiger charge is -2.32. The lowest BCUT2D eigenvalue weighted by Crippen LogP contribution is -2.56. The van der Waals surface area contributed by atoms with Crippen molar-refractivity contribution in [2.75, 3.05) is 46.9 Å². The second-order valence-corrected chi connectivity index (χ2v) is 12.4. The van der Waals surface area contributed by atoms with Crippen molar-refractivity contribution in [3.05, 3.63) is 47.5 Å². The second kappa shape index (κ2) is 20.6. The van der Waals surface area contributed by atoms with E-state index in [0.29, 0.717) is 5.56 Å². The van der Waals surface area contributed by atoms with E-state index in [9.17, 15) is 33.6 Å². The maximum absolute atomic E-state index is 14.2. The van der Waals surface area contributed by atoms with Crippen LogP contribution in [0.3, 0.4) is 0 Å². The van der Waals surface area contributed by atoms with Crippen LogP contribution in [0.4, 0.5) is 0 Å². The summed E-state index contributed by atoms with van der Waals surface area (Å²) >= 11 is 0. The Morgan fingerprint density at radius 3 is 2.35 bits per heavy atom. The summed E-state index contributed by atoms with van der Waals surface area (Å²) in [5, 5.41) is 21.9. The number of hydrogen-bond acceptors (Lipinski definition) is 12. The quantitative estimate of drug-likeness (QED) is 0.0766. The minimum atomic E-state index is -1.45. The molecule has 2 aromatic carbocycles. The van der Waals surface area contributed by atoms with Crippen LogP contribution in [0.1, 0.15) is 37.4 Å². The first-order chi connectivity index (χ1) is 26.2. The number of likely N-dealkylation sites (N-methyl/N-ethyl adjacent to an activating group) is 1. The minimum absolute atomic E-state index is 0.0289. The number of primary amides is 1. The number of nitriles is 1. The third kappa shape index (κ3) is 12.3. The lowest BCUT2D eigenvalue weighted by atomic mass is 9.93. The van der Waals surface area contributed by atoms with Crippen LogP contribution < -0.4 is 47.5 Å². The number of rotatable bonds is 15. The van der Waals surface area contributed by atoms with Crippen molar-refractivity contribution in [1.29, 1.82) is 5.26 Å². The number of carbonyl (C=O) groups is 7. The van der Waals surface area contributed by atoms with Gasteiger partial charge in [0, 0.05) is 44.8 Å². The van der Waals surface area contributed by atoms with Crippen LogP contribution in [0.15, 0.2) is 41.4 Å². The average Bonchev–Trinajstić information content (AvgIpc) is 3.14. The summed E-state index contributed by atoms with van der Waals surface area (Å²) in [6, 6.07) is 5.97. The molecule has 55 heavy (non-hydrogen) atoms. The summed E-state index contributed by atoms with van der Waals surface area (Å²) in [6.45, 7) is 1.46. The van der Waals surface area contributed by atoms with Crippen molar-refractivity contribution in [1.82, 2.24) is 31.5 Å². The first kappa shape index (κ1) is 42.9. The Balaban J connectivity index is 2.33. The van der Waals surface area contributed by atoms with E-state index >= 15 is 0 Å². The van der Waals surface area contributed by atoms with Gasteiger partial charge >= 0.3 is 0 Å². The molecule has 19 heteroatoms. The first-order valence-corrected chi connectivity index (χ1v) is 17.2. The van der Waals surface area contributed by atoms with Crippen molar-refractivity contribution < 1.29 is 43.0 Å². The van der Waals surface area contributed by atoms with E-state index in [4.69, 9.17) is 26.2 Å². The molecule has 0 unspecified atom stereocenters. The maximum Gasteiger partial charge on any atom is 0.258 e. The van der Waals surface area contributed by atoms with Crippen LogP contribution in [0.25, 0.3) is 11.1 Å². The number of benzene rings is 2. The van der Waals surface area contributed by atoms with E-state index in [-0.39, 0.29) is 60.7 Å².